The van der Waals surface area contributed by atoms with Crippen LogP contribution in [0.5, 0.6) is 0 Å². The Hall–Kier alpha value is -2.96. The highest BCUT2D eigenvalue weighted by Gasteiger charge is 2.26. The Morgan fingerprint density at radius 3 is 2.40 bits per heavy atom. The van der Waals surface area contributed by atoms with Gasteiger partial charge in [-0.25, -0.2) is 22.5 Å². The number of rotatable bonds is 6. The quantitative estimate of drug-likeness (QED) is 0.345. The second-order valence-corrected chi connectivity index (χ2v) is 11.4. The number of thiophene rings is 1. The predicted molar refractivity (Wildman–Crippen MR) is 136 cm³/mol. The highest BCUT2D eigenvalue weighted by atomic mass is 32.2. The Kier molecular flexibility index (Phi) is 7.02. The van der Waals surface area contributed by atoms with Crippen LogP contribution in [0.2, 0.25) is 0 Å². The van der Waals surface area contributed by atoms with E-state index in [1.165, 1.54) is 27.8 Å². The Balaban J connectivity index is 1.50. The normalized spacial score (nSPS) is 15.7. The van der Waals surface area contributed by atoms with Crippen LogP contribution >= 0.6 is 22.7 Å². The minimum absolute atomic E-state index is 0.222. The van der Waals surface area contributed by atoms with Crippen LogP contribution < -0.4 is 4.80 Å². The summed E-state index contributed by atoms with van der Waals surface area (Å²) in [5.41, 5.74) is 2.17. The number of ether oxygens (including phenoxy) is 1. The third kappa shape index (κ3) is 5.34. The molecule has 1 saturated heterocycles. The van der Waals surface area contributed by atoms with Crippen LogP contribution in [0, 0.1) is 5.82 Å². The summed E-state index contributed by atoms with van der Waals surface area (Å²) >= 11 is 2.96. The minimum atomic E-state index is -3.57. The van der Waals surface area contributed by atoms with Gasteiger partial charge >= 0.3 is 0 Å². The molecule has 0 unspecified atom stereocenters. The zero-order valence-corrected chi connectivity index (χ0v) is 20.9. The Labute approximate surface area is 210 Å². The van der Waals surface area contributed by atoms with Crippen molar-refractivity contribution in [3.8, 4) is 11.3 Å². The van der Waals surface area contributed by atoms with Gasteiger partial charge in [0.15, 0.2) is 0 Å². The predicted octanol–water partition coefficient (Wildman–Crippen LogP) is 4.55. The first-order chi connectivity index (χ1) is 17.0. The number of hydrogen-bond acceptors (Lipinski definition) is 7. The Bertz CT molecular complexity index is 1480. The average Bonchev–Trinajstić information content (AvgIpc) is 3.54. The summed E-state index contributed by atoms with van der Waals surface area (Å²) in [6.07, 6.45) is 1.75. The van der Waals surface area contributed by atoms with E-state index in [1.807, 2.05) is 22.9 Å². The fraction of sp³-hybridized carbons (Fsp3) is 0.167. The summed E-state index contributed by atoms with van der Waals surface area (Å²) < 4.78 is 47.6. The molecule has 1 fully saturated rings. The summed E-state index contributed by atoms with van der Waals surface area (Å²) in [4.78, 5) is 6.51. The molecular weight excluding hydrogens is 507 g/mol. The number of hydrogen-bond donors (Lipinski definition) is 0. The van der Waals surface area contributed by atoms with Gasteiger partial charge in [-0.3, -0.25) is 0 Å². The van der Waals surface area contributed by atoms with Crippen molar-refractivity contribution < 1.29 is 17.5 Å². The van der Waals surface area contributed by atoms with Crippen LogP contribution in [0.15, 0.2) is 86.4 Å². The van der Waals surface area contributed by atoms with Crippen molar-refractivity contribution in [1.29, 1.82) is 0 Å². The summed E-state index contributed by atoms with van der Waals surface area (Å²) in [6.45, 7) is 1.48. The molecule has 0 bridgehead atoms. The smallest absolute Gasteiger partial charge is 0.243 e. The van der Waals surface area contributed by atoms with Gasteiger partial charge in [0.05, 0.1) is 35.7 Å². The Morgan fingerprint density at radius 2 is 1.71 bits per heavy atom. The average molecular weight is 529 g/mol. The van der Waals surface area contributed by atoms with Crippen LogP contribution in [-0.2, 0) is 14.8 Å². The molecule has 2 aromatic carbocycles. The molecule has 1 aliphatic rings. The van der Waals surface area contributed by atoms with Crippen molar-refractivity contribution in [2.45, 2.75) is 4.90 Å². The standard InChI is InChI=1S/C24H21FN4O3S3/c25-19-5-3-18(4-6-19)23-17-34-24(29(23)26-16-21-2-1-15-33-21)27-20-7-9-22(10-8-20)35(30,31)28-11-13-32-14-12-28/h1-10,15-17H,11-14H2. The van der Waals surface area contributed by atoms with Gasteiger partial charge in [0.2, 0.25) is 14.8 Å². The second-order valence-electron chi connectivity index (χ2n) is 7.60. The molecule has 1 aliphatic heterocycles. The first-order valence-corrected chi connectivity index (χ1v) is 14.0. The van der Waals surface area contributed by atoms with E-state index in [-0.39, 0.29) is 10.7 Å². The second kappa shape index (κ2) is 10.3. The molecule has 5 rings (SSSR count). The zero-order valence-electron chi connectivity index (χ0n) is 18.5. The van der Waals surface area contributed by atoms with Crippen LogP contribution in [0.1, 0.15) is 4.88 Å². The summed E-state index contributed by atoms with van der Waals surface area (Å²) in [6, 6.07) is 16.6. The van der Waals surface area contributed by atoms with Gasteiger partial charge in [0.25, 0.3) is 0 Å². The number of sulfonamides is 1. The van der Waals surface area contributed by atoms with Crippen LogP contribution in [0.25, 0.3) is 11.3 Å². The monoisotopic (exact) mass is 528 g/mol. The number of benzene rings is 2. The molecule has 11 heteroatoms. The molecule has 0 radical (unpaired) electrons. The highest BCUT2D eigenvalue weighted by Crippen LogP contribution is 2.23. The van der Waals surface area contributed by atoms with E-state index in [4.69, 9.17) is 9.73 Å². The van der Waals surface area contributed by atoms with Crippen LogP contribution in [0.4, 0.5) is 10.1 Å². The summed E-state index contributed by atoms with van der Waals surface area (Å²) in [5, 5.41) is 8.51. The number of aromatic nitrogens is 1. The molecule has 0 aliphatic carbocycles. The van der Waals surface area contributed by atoms with Gasteiger partial charge in [-0.05, 0) is 60.0 Å². The maximum Gasteiger partial charge on any atom is 0.243 e. The SMILES string of the molecule is O=S(=O)(c1ccc(N=c2scc(-c3ccc(F)cc3)n2N=Cc2cccs2)cc1)N1CCOCC1. The number of thiazole rings is 1. The molecule has 35 heavy (non-hydrogen) atoms. The van der Waals surface area contributed by atoms with Crippen molar-refractivity contribution in [2.24, 2.45) is 10.1 Å². The van der Waals surface area contributed by atoms with Gasteiger partial charge in [-0.15, -0.1) is 22.7 Å². The molecule has 4 aromatic rings. The van der Waals surface area contributed by atoms with E-state index in [9.17, 15) is 12.8 Å². The Morgan fingerprint density at radius 1 is 0.971 bits per heavy atom. The molecule has 0 saturated carbocycles. The zero-order chi connectivity index (χ0) is 24.3. The topological polar surface area (TPSA) is 76.3 Å². The minimum Gasteiger partial charge on any atom is -0.379 e. The third-order valence-electron chi connectivity index (χ3n) is 5.34. The molecular formula is C24H21FN4O3S3. The largest absolute Gasteiger partial charge is 0.379 e. The van der Waals surface area contributed by atoms with E-state index in [2.05, 4.69) is 5.10 Å². The fourth-order valence-corrected chi connectivity index (χ4v) is 6.37. The molecule has 0 atom stereocenters. The molecule has 3 heterocycles. The van der Waals surface area contributed by atoms with Gasteiger partial charge in [-0.1, -0.05) is 6.07 Å². The first kappa shape index (κ1) is 23.8. The summed E-state index contributed by atoms with van der Waals surface area (Å²) in [5.74, 6) is -0.311. The maximum absolute atomic E-state index is 13.5. The lowest BCUT2D eigenvalue weighted by Crippen LogP contribution is -2.40. The van der Waals surface area contributed by atoms with Gasteiger partial charge in [0.1, 0.15) is 5.82 Å². The fourth-order valence-electron chi connectivity index (χ4n) is 3.53. The molecule has 7 nitrogen and oxygen atoms in total. The number of morpholine rings is 1. The van der Waals surface area contributed by atoms with E-state index in [0.29, 0.717) is 36.8 Å². The lowest BCUT2D eigenvalue weighted by Gasteiger charge is -2.26. The lowest BCUT2D eigenvalue weighted by atomic mass is 10.2. The molecule has 0 amide bonds. The third-order valence-corrected chi connectivity index (χ3v) is 8.87. The van der Waals surface area contributed by atoms with Gasteiger partial charge in [0, 0.05) is 28.9 Å². The van der Waals surface area contributed by atoms with E-state index in [1.54, 1.807) is 58.6 Å². The molecule has 2 aromatic heterocycles. The highest BCUT2D eigenvalue weighted by molar-refractivity contribution is 7.89. The van der Waals surface area contributed by atoms with E-state index in [0.717, 1.165) is 16.1 Å². The molecule has 0 spiro atoms. The van der Waals surface area contributed by atoms with Crippen LogP contribution in [0.3, 0.4) is 0 Å². The first-order valence-electron chi connectivity index (χ1n) is 10.8. The van der Waals surface area contributed by atoms with Crippen LogP contribution in [-0.4, -0.2) is 49.9 Å². The number of nitrogens with zero attached hydrogens (tertiary/aromatic N) is 4. The van der Waals surface area contributed by atoms with Gasteiger partial charge in [-0.2, -0.15) is 9.41 Å². The van der Waals surface area contributed by atoms with E-state index >= 15 is 0 Å². The molecule has 180 valence electrons. The number of halogens is 1. The summed E-state index contributed by atoms with van der Waals surface area (Å²) in [7, 11) is -3.57. The van der Waals surface area contributed by atoms with Crippen molar-refractivity contribution in [2.75, 3.05) is 26.3 Å². The van der Waals surface area contributed by atoms with Crippen molar-refractivity contribution in [1.82, 2.24) is 8.98 Å². The van der Waals surface area contributed by atoms with Crippen molar-refractivity contribution >= 4 is 44.6 Å². The maximum atomic E-state index is 13.5. The van der Waals surface area contributed by atoms with Crippen molar-refractivity contribution in [3.05, 3.63) is 86.9 Å². The van der Waals surface area contributed by atoms with E-state index < -0.39 is 10.0 Å². The molecule has 0 N–H and O–H groups in total. The lowest BCUT2D eigenvalue weighted by molar-refractivity contribution is 0.0730. The van der Waals surface area contributed by atoms with Crippen molar-refractivity contribution in [3.63, 3.8) is 0 Å². The van der Waals surface area contributed by atoms with Gasteiger partial charge < -0.3 is 4.74 Å².